The fourth-order valence-corrected chi connectivity index (χ4v) is 3.55. The third-order valence-corrected chi connectivity index (χ3v) is 5.18. The summed E-state index contributed by atoms with van der Waals surface area (Å²) < 4.78 is 13.5. The first-order valence-corrected chi connectivity index (χ1v) is 7.62. The first kappa shape index (κ1) is 13.4. The third-order valence-electron chi connectivity index (χ3n) is 5.18. The lowest BCUT2D eigenvalue weighted by Crippen LogP contribution is -2.35. The second kappa shape index (κ2) is 4.35. The number of benzene rings is 2. The smallest absolute Gasteiger partial charge is 0.131 e. The van der Waals surface area contributed by atoms with E-state index in [2.05, 4.69) is 32.2 Å². The van der Waals surface area contributed by atoms with Crippen molar-refractivity contribution in [1.29, 1.82) is 0 Å². The first-order valence-electron chi connectivity index (χ1n) is 7.62. The van der Waals surface area contributed by atoms with Gasteiger partial charge in [0.05, 0.1) is 0 Å². The highest BCUT2D eigenvalue weighted by atomic mass is 19.1. The zero-order valence-electron chi connectivity index (χ0n) is 12.9. The second-order valence-corrected chi connectivity index (χ2v) is 6.39. The molecule has 0 bridgehead atoms. The van der Waals surface area contributed by atoms with Crippen LogP contribution in [-0.2, 0) is 0 Å². The minimum absolute atomic E-state index is 0.165. The van der Waals surface area contributed by atoms with Crippen molar-refractivity contribution in [2.45, 2.75) is 26.8 Å². The Kier molecular flexibility index (Phi) is 2.65. The minimum atomic E-state index is -0.328. The average molecular weight is 295 g/mol. The quantitative estimate of drug-likeness (QED) is 0.782. The molecule has 0 fully saturated rings. The van der Waals surface area contributed by atoms with E-state index in [1.165, 1.54) is 22.9 Å². The number of hydrogen-bond donors (Lipinski definition) is 2. The molecule has 2 aromatic carbocycles. The van der Waals surface area contributed by atoms with Gasteiger partial charge in [-0.1, -0.05) is 18.6 Å². The molecule has 2 atom stereocenters. The van der Waals surface area contributed by atoms with Crippen molar-refractivity contribution in [1.82, 2.24) is 0 Å². The topological polar surface area (TPSA) is 32.3 Å². The number of hydrogen-bond acceptors (Lipinski definition) is 2. The van der Waals surface area contributed by atoms with Crippen LogP contribution in [-0.4, -0.2) is 11.1 Å². The van der Waals surface area contributed by atoms with E-state index in [4.69, 9.17) is 0 Å². The van der Waals surface area contributed by atoms with Crippen molar-refractivity contribution in [3.8, 4) is 11.1 Å². The van der Waals surface area contributed by atoms with Crippen molar-refractivity contribution in [2.24, 2.45) is 5.92 Å². The lowest BCUT2D eigenvalue weighted by molar-refractivity contribution is 0.508. The van der Waals surface area contributed by atoms with Gasteiger partial charge in [0.15, 0.2) is 0 Å². The maximum atomic E-state index is 13.5. The summed E-state index contributed by atoms with van der Waals surface area (Å²) in [6, 6.07) is 9.06. The summed E-state index contributed by atoms with van der Waals surface area (Å²) in [4.78, 5) is 0. The van der Waals surface area contributed by atoms with Crippen LogP contribution in [0.25, 0.3) is 22.5 Å². The highest BCUT2D eigenvalue weighted by Crippen LogP contribution is 2.32. The molecule has 0 amide bonds. The van der Waals surface area contributed by atoms with E-state index < -0.39 is 0 Å². The largest absolute Gasteiger partial charge is 0.507 e. The Labute approximate surface area is 128 Å². The van der Waals surface area contributed by atoms with Gasteiger partial charge in [-0.15, -0.1) is 0 Å². The second-order valence-electron chi connectivity index (χ2n) is 6.39. The molecule has 1 heterocycles. The SMILES string of the molecule is CC1=c2cc3c(cc2NC(C)C1C)=C(O)c1cc(F)ccc1-3. The molecule has 2 nitrogen and oxygen atoms in total. The van der Waals surface area contributed by atoms with E-state index in [-0.39, 0.29) is 11.6 Å². The predicted molar refractivity (Wildman–Crippen MR) is 87.6 cm³/mol. The number of fused-ring (bicyclic) bond motifs is 4. The van der Waals surface area contributed by atoms with Crippen LogP contribution in [0.2, 0.25) is 0 Å². The van der Waals surface area contributed by atoms with Crippen LogP contribution >= 0.6 is 0 Å². The Bertz CT molecular complexity index is 929. The third kappa shape index (κ3) is 1.65. The molecule has 0 aromatic heterocycles. The molecule has 2 aromatic rings. The van der Waals surface area contributed by atoms with Gasteiger partial charge in [-0.05, 0) is 60.4 Å². The molecular formula is C19H18FNO. The molecule has 1 aliphatic heterocycles. The maximum absolute atomic E-state index is 13.5. The van der Waals surface area contributed by atoms with Gasteiger partial charge in [-0.2, -0.15) is 0 Å². The number of anilines is 1. The van der Waals surface area contributed by atoms with Crippen LogP contribution in [0.5, 0.6) is 0 Å². The Hall–Kier alpha value is -2.29. The number of halogens is 1. The number of aliphatic hydroxyl groups excluding tert-OH is 1. The Morgan fingerprint density at radius 2 is 1.77 bits per heavy atom. The Morgan fingerprint density at radius 3 is 2.55 bits per heavy atom. The molecule has 4 rings (SSSR count). The lowest BCUT2D eigenvalue weighted by atomic mass is 9.88. The standard InChI is InChI=1S/C19H18FNO/c1-9-10(2)14-7-15-13-5-4-12(20)6-16(13)19(22)17(15)8-18(14)21-11(9)3/h4-9,11,21-22H,1-3H3. The van der Waals surface area contributed by atoms with Crippen LogP contribution in [0.3, 0.4) is 0 Å². The van der Waals surface area contributed by atoms with Gasteiger partial charge < -0.3 is 10.4 Å². The van der Waals surface area contributed by atoms with Gasteiger partial charge in [-0.3, -0.25) is 0 Å². The summed E-state index contributed by atoms with van der Waals surface area (Å²) in [7, 11) is 0. The Morgan fingerprint density at radius 1 is 1.00 bits per heavy atom. The van der Waals surface area contributed by atoms with E-state index in [0.29, 0.717) is 17.5 Å². The molecular weight excluding hydrogens is 277 g/mol. The van der Waals surface area contributed by atoms with Crippen molar-refractivity contribution in [3.63, 3.8) is 0 Å². The first-order chi connectivity index (χ1) is 10.5. The van der Waals surface area contributed by atoms with Gasteiger partial charge in [0.25, 0.3) is 0 Å². The normalized spacial score (nSPS) is 22.0. The molecule has 2 aliphatic rings. The molecule has 0 radical (unpaired) electrons. The van der Waals surface area contributed by atoms with E-state index in [1.54, 1.807) is 6.07 Å². The molecule has 2 unspecified atom stereocenters. The lowest BCUT2D eigenvalue weighted by Gasteiger charge is -2.29. The van der Waals surface area contributed by atoms with Crippen molar-refractivity contribution >= 4 is 17.0 Å². The summed E-state index contributed by atoms with van der Waals surface area (Å²) in [5, 5.41) is 15.9. The summed E-state index contributed by atoms with van der Waals surface area (Å²) in [6.07, 6.45) is 0. The zero-order valence-corrected chi connectivity index (χ0v) is 12.9. The number of rotatable bonds is 0. The Balaban J connectivity index is 2.08. The van der Waals surface area contributed by atoms with Gasteiger partial charge in [0.1, 0.15) is 11.6 Å². The fourth-order valence-electron chi connectivity index (χ4n) is 3.55. The minimum Gasteiger partial charge on any atom is -0.507 e. The van der Waals surface area contributed by atoms with Gasteiger partial charge in [0.2, 0.25) is 0 Å². The molecule has 2 N–H and O–H groups in total. The van der Waals surface area contributed by atoms with Crippen LogP contribution in [0.15, 0.2) is 30.3 Å². The summed E-state index contributed by atoms with van der Waals surface area (Å²) >= 11 is 0. The van der Waals surface area contributed by atoms with Crippen molar-refractivity contribution in [3.05, 3.63) is 52.1 Å². The molecule has 22 heavy (non-hydrogen) atoms. The number of aliphatic hydroxyl groups is 1. The summed E-state index contributed by atoms with van der Waals surface area (Å²) in [6.45, 7) is 6.55. The van der Waals surface area contributed by atoms with Crippen LogP contribution in [0, 0.1) is 11.7 Å². The summed E-state index contributed by atoms with van der Waals surface area (Å²) in [5.41, 5.74) is 4.85. The molecule has 1 aliphatic carbocycles. The highest BCUT2D eigenvalue weighted by Gasteiger charge is 2.25. The van der Waals surface area contributed by atoms with Crippen LogP contribution < -0.4 is 15.8 Å². The van der Waals surface area contributed by atoms with Gasteiger partial charge in [0, 0.05) is 22.5 Å². The van der Waals surface area contributed by atoms with Crippen LogP contribution in [0.4, 0.5) is 10.1 Å². The molecule has 3 heteroatoms. The van der Waals surface area contributed by atoms with Gasteiger partial charge in [-0.25, -0.2) is 4.39 Å². The van der Waals surface area contributed by atoms with Gasteiger partial charge >= 0.3 is 0 Å². The molecule has 112 valence electrons. The molecule has 0 spiro atoms. The molecule has 0 saturated heterocycles. The highest BCUT2D eigenvalue weighted by molar-refractivity contribution is 5.88. The van der Waals surface area contributed by atoms with Crippen molar-refractivity contribution < 1.29 is 9.50 Å². The molecule has 0 saturated carbocycles. The van der Waals surface area contributed by atoms with Crippen molar-refractivity contribution in [2.75, 3.05) is 5.32 Å². The predicted octanol–water partition coefficient (Wildman–Crippen LogP) is 3.14. The van der Waals surface area contributed by atoms with E-state index >= 15 is 0 Å². The maximum Gasteiger partial charge on any atom is 0.131 e. The van der Waals surface area contributed by atoms with Crippen LogP contribution in [0.1, 0.15) is 26.3 Å². The van der Waals surface area contributed by atoms with E-state index in [9.17, 15) is 9.50 Å². The monoisotopic (exact) mass is 295 g/mol. The fraction of sp³-hybridized carbons (Fsp3) is 0.263. The average Bonchev–Trinajstić information content (AvgIpc) is 2.76. The van der Waals surface area contributed by atoms with E-state index in [1.807, 2.05) is 6.07 Å². The zero-order chi connectivity index (χ0) is 15.6. The summed E-state index contributed by atoms with van der Waals surface area (Å²) in [5.74, 6) is 0.293. The number of nitrogens with one attached hydrogen (secondary N) is 1. The van der Waals surface area contributed by atoms with E-state index in [0.717, 1.165) is 22.0 Å².